The van der Waals surface area contributed by atoms with Gasteiger partial charge in [-0.1, -0.05) is 23.7 Å². The number of halogens is 1. The molecule has 0 aliphatic carbocycles. The summed E-state index contributed by atoms with van der Waals surface area (Å²) < 4.78 is 5.48. The third-order valence-corrected chi connectivity index (χ3v) is 4.77. The van der Waals surface area contributed by atoms with Gasteiger partial charge in [0.25, 0.3) is 5.91 Å². The lowest BCUT2D eigenvalue weighted by Gasteiger charge is -2.21. The molecule has 27 heavy (non-hydrogen) atoms. The molecule has 2 N–H and O–H groups in total. The molecule has 1 atom stereocenters. The van der Waals surface area contributed by atoms with Gasteiger partial charge in [-0.05, 0) is 44.5 Å². The molecule has 0 bridgehead atoms. The van der Waals surface area contributed by atoms with E-state index in [2.05, 4.69) is 10.6 Å². The van der Waals surface area contributed by atoms with Gasteiger partial charge in [0.1, 0.15) is 23.6 Å². The fourth-order valence-corrected chi connectivity index (χ4v) is 3.41. The van der Waals surface area contributed by atoms with Gasteiger partial charge in [-0.3, -0.25) is 14.5 Å². The number of benzene rings is 1. The molecule has 1 fully saturated rings. The van der Waals surface area contributed by atoms with Crippen LogP contribution in [-0.2, 0) is 21.7 Å². The van der Waals surface area contributed by atoms with Crippen LogP contribution in [0, 0.1) is 13.8 Å². The van der Waals surface area contributed by atoms with Crippen molar-refractivity contribution in [2.45, 2.75) is 32.9 Å². The van der Waals surface area contributed by atoms with Crippen LogP contribution in [0.1, 0.15) is 29.6 Å². The van der Waals surface area contributed by atoms with Crippen molar-refractivity contribution in [3.05, 3.63) is 58.0 Å². The lowest BCUT2D eigenvalue weighted by Crippen LogP contribution is -2.43. The summed E-state index contributed by atoms with van der Waals surface area (Å²) in [5.74, 6) is 0.261. The highest BCUT2D eigenvalue weighted by Gasteiger charge is 2.51. The Labute approximate surface area is 161 Å². The van der Waals surface area contributed by atoms with Crippen LogP contribution in [0.5, 0.6) is 0 Å². The molecule has 1 aliphatic heterocycles. The third kappa shape index (κ3) is 3.68. The number of carbonyl (C=O) groups excluding carboxylic acids is 3. The first-order valence-corrected chi connectivity index (χ1v) is 8.81. The first kappa shape index (κ1) is 19.0. The molecular formula is C19H20ClN3O4. The number of rotatable bonds is 5. The monoisotopic (exact) mass is 389 g/mol. The summed E-state index contributed by atoms with van der Waals surface area (Å²) in [7, 11) is 0. The number of amides is 4. The third-order valence-electron chi connectivity index (χ3n) is 4.54. The fraction of sp³-hybridized carbons (Fsp3) is 0.316. The molecule has 3 rings (SSSR count). The Bertz CT molecular complexity index is 923. The summed E-state index contributed by atoms with van der Waals surface area (Å²) in [6.07, 6.45) is 0. The van der Waals surface area contributed by atoms with Crippen molar-refractivity contribution in [1.82, 2.24) is 15.5 Å². The number of nitrogens with one attached hydrogen (secondary N) is 2. The molecule has 1 saturated heterocycles. The summed E-state index contributed by atoms with van der Waals surface area (Å²) in [5.41, 5.74) is 0.147. The second kappa shape index (κ2) is 7.08. The maximum Gasteiger partial charge on any atom is 0.325 e. The van der Waals surface area contributed by atoms with Gasteiger partial charge >= 0.3 is 6.03 Å². The predicted octanol–water partition coefficient (Wildman–Crippen LogP) is 2.63. The van der Waals surface area contributed by atoms with E-state index in [1.807, 2.05) is 6.07 Å². The van der Waals surface area contributed by atoms with Crippen LogP contribution >= 0.6 is 11.6 Å². The van der Waals surface area contributed by atoms with E-state index in [9.17, 15) is 14.4 Å². The average Bonchev–Trinajstić information content (AvgIpc) is 3.05. The van der Waals surface area contributed by atoms with Crippen molar-refractivity contribution < 1.29 is 18.8 Å². The number of hydrogen-bond donors (Lipinski definition) is 2. The number of nitrogens with zero attached hydrogens (tertiary/aromatic N) is 1. The van der Waals surface area contributed by atoms with Gasteiger partial charge in [-0.25, -0.2) is 4.79 Å². The normalized spacial score (nSPS) is 19.3. The van der Waals surface area contributed by atoms with E-state index in [0.29, 0.717) is 22.1 Å². The van der Waals surface area contributed by atoms with Gasteiger partial charge in [0.2, 0.25) is 5.91 Å². The molecule has 8 heteroatoms. The highest BCUT2D eigenvalue weighted by molar-refractivity contribution is 6.30. The fourth-order valence-electron chi connectivity index (χ4n) is 3.20. The van der Waals surface area contributed by atoms with Crippen molar-refractivity contribution >= 4 is 29.4 Å². The number of hydrogen-bond acceptors (Lipinski definition) is 4. The Morgan fingerprint density at radius 3 is 2.67 bits per heavy atom. The molecule has 0 spiro atoms. The zero-order valence-corrected chi connectivity index (χ0v) is 16.0. The standard InChI is InChI=1S/C19H20ClN3O4/c1-11-7-15(12(2)27-11)19(3)17(25)23(18(26)22-19)10-16(24)21-9-13-5-4-6-14(20)8-13/h4-8H,9-10H2,1-3H3,(H,21,24)(H,22,26). The number of carbonyl (C=O) groups is 3. The molecule has 7 nitrogen and oxygen atoms in total. The van der Waals surface area contributed by atoms with Crippen molar-refractivity contribution in [1.29, 1.82) is 0 Å². The smallest absolute Gasteiger partial charge is 0.325 e. The first-order chi connectivity index (χ1) is 12.7. The van der Waals surface area contributed by atoms with Gasteiger partial charge < -0.3 is 15.1 Å². The van der Waals surface area contributed by atoms with Gasteiger partial charge in [-0.15, -0.1) is 0 Å². The van der Waals surface area contributed by atoms with Crippen molar-refractivity contribution in [2.24, 2.45) is 0 Å². The molecule has 0 saturated carbocycles. The summed E-state index contributed by atoms with van der Waals surface area (Å²) >= 11 is 5.91. The number of urea groups is 1. The molecule has 0 radical (unpaired) electrons. The topological polar surface area (TPSA) is 91.7 Å². The van der Waals surface area contributed by atoms with Crippen LogP contribution in [0.15, 0.2) is 34.7 Å². The number of furan rings is 1. The summed E-state index contributed by atoms with van der Waals surface area (Å²) in [5, 5.41) is 5.92. The summed E-state index contributed by atoms with van der Waals surface area (Å²) in [4.78, 5) is 38.3. The quantitative estimate of drug-likeness (QED) is 0.769. The molecule has 2 heterocycles. The zero-order valence-electron chi connectivity index (χ0n) is 15.3. The maximum atomic E-state index is 12.9. The van der Waals surface area contributed by atoms with Crippen LogP contribution in [0.25, 0.3) is 0 Å². The highest BCUT2D eigenvalue weighted by Crippen LogP contribution is 2.32. The Kier molecular flexibility index (Phi) is 4.97. The molecule has 142 valence electrons. The Hall–Kier alpha value is -2.80. The van der Waals surface area contributed by atoms with Gasteiger partial charge in [0, 0.05) is 17.1 Å². The Morgan fingerprint density at radius 1 is 1.30 bits per heavy atom. The molecular weight excluding hydrogens is 370 g/mol. The maximum absolute atomic E-state index is 12.9. The van der Waals surface area contributed by atoms with Crippen LogP contribution in [-0.4, -0.2) is 29.3 Å². The Morgan fingerprint density at radius 2 is 2.04 bits per heavy atom. The largest absolute Gasteiger partial charge is 0.466 e. The van der Waals surface area contributed by atoms with Crippen LogP contribution in [0.3, 0.4) is 0 Å². The van der Waals surface area contributed by atoms with Gasteiger partial charge in [0.15, 0.2) is 0 Å². The summed E-state index contributed by atoms with van der Waals surface area (Å²) in [6, 6.07) is 8.18. The van der Waals surface area contributed by atoms with Crippen LogP contribution < -0.4 is 10.6 Å². The van der Waals surface area contributed by atoms with Gasteiger partial charge in [-0.2, -0.15) is 0 Å². The van der Waals surface area contributed by atoms with Gasteiger partial charge in [0.05, 0.1) is 0 Å². The zero-order chi connectivity index (χ0) is 19.8. The van der Waals surface area contributed by atoms with Crippen molar-refractivity contribution in [2.75, 3.05) is 6.54 Å². The second-order valence-electron chi connectivity index (χ2n) is 6.68. The Balaban J connectivity index is 1.68. The molecule has 1 aromatic heterocycles. The minimum Gasteiger partial charge on any atom is -0.466 e. The van der Waals surface area contributed by atoms with E-state index in [1.165, 1.54) is 0 Å². The molecule has 1 unspecified atom stereocenters. The van der Waals surface area contributed by atoms with E-state index in [1.54, 1.807) is 45.0 Å². The lowest BCUT2D eigenvalue weighted by atomic mass is 9.92. The SMILES string of the molecule is Cc1cc(C2(C)NC(=O)N(CC(=O)NCc3cccc(Cl)c3)C2=O)c(C)o1. The average molecular weight is 390 g/mol. The van der Waals surface area contributed by atoms with E-state index in [0.717, 1.165) is 10.5 Å². The number of imide groups is 1. The van der Waals surface area contributed by atoms with E-state index in [4.69, 9.17) is 16.0 Å². The van der Waals surface area contributed by atoms with Crippen LogP contribution in [0.2, 0.25) is 5.02 Å². The molecule has 1 aromatic carbocycles. The molecule has 1 aliphatic rings. The summed E-state index contributed by atoms with van der Waals surface area (Å²) in [6.45, 7) is 4.99. The second-order valence-corrected chi connectivity index (χ2v) is 7.12. The number of aryl methyl sites for hydroxylation is 2. The molecule has 2 aromatic rings. The van der Waals surface area contributed by atoms with Crippen molar-refractivity contribution in [3.8, 4) is 0 Å². The van der Waals surface area contributed by atoms with E-state index in [-0.39, 0.29) is 13.1 Å². The molecule has 4 amide bonds. The van der Waals surface area contributed by atoms with Crippen molar-refractivity contribution in [3.63, 3.8) is 0 Å². The minimum absolute atomic E-state index is 0.250. The highest BCUT2D eigenvalue weighted by atomic mass is 35.5. The minimum atomic E-state index is -1.26. The first-order valence-electron chi connectivity index (χ1n) is 8.43. The predicted molar refractivity (Wildman–Crippen MR) is 99.1 cm³/mol. The van der Waals surface area contributed by atoms with E-state index >= 15 is 0 Å². The van der Waals surface area contributed by atoms with E-state index < -0.39 is 23.4 Å². The van der Waals surface area contributed by atoms with Crippen LogP contribution in [0.4, 0.5) is 4.79 Å². The lowest BCUT2D eigenvalue weighted by molar-refractivity contribution is -0.134.